The number of halogens is 3. The lowest BCUT2D eigenvalue weighted by Gasteiger charge is -2.25. The first-order chi connectivity index (χ1) is 16.7. The topological polar surface area (TPSA) is 97.5 Å². The molecule has 3 rings (SSSR count). The van der Waals surface area contributed by atoms with Crippen molar-refractivity contribution >= 4 is 17.6 Å². The van der Waals surface area contributed by atoms with Crippen molar-refractivity contribution in [1.29, 1.82) is 5.26 Å². The van der Waals surface area contributed by atoms with Gasteiger partial charge in [0.1, 0.15) is 0 Å². The summed E-state index contributed by atoms with van der Waals surface area (Å²) in [6.45, 7) is 1.47. The number of amides is 1. The smallest absolute Gasteiger partial charge is 0.416 e. The number of anilines is 1. The van der Waals surface area contributed by atoms with Gasteiger partial charge < -0.3 is 14.4 Å². The Morgan fingerprint density at radius 3 is 2.51 bits per heavy atom. The number of carbonyl (C=O) groups is 2. The molecule has 1 heterocycles. The van der Waals surface area contributed by atoms with Crippen LogP contribution in [0, 0.1) is 11.3 Å². The van der Waals surface area contributed by atoms with Crippen LogP contribution in [0.2, 0.25) is 0 Å². The molecule has 1 amide bonds. The highest BCUT2D eigenvalue weighted by Crippen LogP contribution is 2.31. The van der Waals surface area contributed by atoms with Gasteiger partial charge >= 0.3 is 12.1 Å². The summed E-state index contributed by atoms with van der Waals surface area (Å²) in [4.78, 5) is 27.1. The second-order valence-corrected chi connectivity index (χ2v) is 7.32. The zero-order valence-corrected chi connectivity index (χ0v) is 18.8. The van der Waals surface area contributed by atoms with Crippen LogP contribution in [0.1, 0.15) is 29.4 Å². The number of para-hydroxylation sites is 1. The number of rotatable bonds is 8. The highest BCUT2D eigenvalue weighted by molar-refractivity contribution is 5.99. The zero-order valence-electron chi connectivity index (χ0n) is 18.8. The van der Waals surface area contributed by atoms with Gasteiger partial charge in [-0.3, -0.25) is 4.79 Å². The molecule has 182 valence electrons. The van der Waals surface area contributed by atoms with E-state index in [4.69, 9.17) is 14.7 Å². The minimum absolute atomic E-state index is 0.0449. The Morgan fingerprint density at radius 2 is 1.89 bits per heavy atom. The highest BCUT2D eigenvalue weighted by atomic mass is 19.4. The number of esters is 1. The van der Waals surface area contributed by atoms with Gasteiger partial charge in [0.2, 0.25) is 5.69 Å². The number of hydrogen-bond acceptors (Lipinski definition) is 6. The summed E-state index contributed by atoms with van der Waals surface area (Å²) < 4.78 is 50.7. The van der Waals surface area contributed by atoms with Gasteiger partial charge in [-0.1, -0.05) is 24.3 Å². The molecule has 3 aromatic rings. The predicted molar refractivity (Wildman–Crippen MR) is 119 cm³/mol. The van der Waals surface area contributed by atoms with Crippen LogP contribution in [0.25, 0.3) is 5.69 Å². The van der Waals surface area contributed by atoms with Gasteiger partial charge in [0.05, 0.1) is 37.0 Å². The maximum Gasteiger partial charge on any atom is 0.416 e. The molecule has 0 saturated carbocycles. The monoisotopic (exact) mass is 486 g/mol. The first kappa shape index (κ1) is 25.3. The van der Waals surface area contributed by atoms with E-state index in [1.807, 2.05) is 6.07 Å². The third-order valence-corrected chi connectivity index (χ3v) is 4.94. The third-order valence-electron chi connectivity index (χ3n) is 4.94. The van der Waals surface area contributed by atoms with E-state index in [2.05, 4.69) is 5.10 Å². The van der Waals surface area contributed by atoms with Crippen molar-refractivity contribution in [2.75, 3.05) is 18.6 Å². The first-order valence-electron chi connectivity index (χ1n) is 10.4. The fourth-order valence-corrected chi connectivity index (χ4v) is 3.23. The number of nitrogens with zero attached hydrogens (tertiary/aromatic N) is 4. The average Bonchev–Trinajstić information content (AvgIpc) is 3.29. The number of methoxy groups -OCH3 is 1. The standard InChI is InChI=1S/C24H21F3N4O4/c1-16(22(32)30(13-7-12-28)18-9-4-3-5-10-18)35-23(33)21-20(34-2)15-31(29-21)19-11-6-8-17(14-19)24(25,26)27/h3-6,8-11,14-16H,7,13H2,1-2H3. The molecular formula is C24H21F3N4O4. The van der Waals surface area contributed by atoms with Crippen LogP contribution in [0.3, 0.4) is 0 Å². The van der Waals surface area contributed by atoms with Crippen LogP contribution < -0.4 is 9.64 Å². The first-order valence-corrected chi connectivity index (χ1v) is 10.4. The largest absolute Gasteiger partial charge is 0.493 e. The molecule has 11 heteroatoms. The number of hydrogen-bond donors (Lipinski definition) is 0. The Kier molecular flexibility index (Phi) is 7.76. The van der Waals surface area contributed by atoms with E-state index in [1.54, 1.807) is 30.3 Å². The van der Waals surface area contributed by atoms with Gasteiger partial charge in [0.25, 0.3) is 5.91 Å². The maximum absolute atomic E-state index is 13.1. The van der Waals surface area contributed by atoms with E-state index in [-0.39, 0.29) is 30.1 Å². The fraction of sp³-hybridized carbons (Fsp3) is 0.250. The van der Waals surface area contributed by atoms with E-state index in [0.29, 0.717) is 5.69 Å². The predicted octanol–water partition coefficient (Wildman–Crippen LogP) is 4.39. The van der Waals surface area contributed by atoms with E-state index in [0.717, 1.165) is 16.8 Å². The molecule has 2 aromatic carbocycles. The van der Waals surface area contributed by atoms with Gasteiger partial charge in [-0.05, 0) is 37.3 Å². The minimum Gasteiger partial charge on any atom is -0.493 e. The quantitative estimate of drug-likeness (QED) is 0.438. The normalized spacial score (nSPS) is 11.9. The van der Waals surface area contributed by atoms with Crippen LogP contribution in [0.15, 0.2) is 60.8 Å². The third kappa shape index (κ3) is 5.97. The number of aromatic nitrogens is 2. The number of ether oxygens (including phenoxy) is 2. The summed E-state index contributed by atoms with van der Waals surface area (Å²) in [5.74, 6) is -1.60. The summed E-state index contributed by atoms with van der Waals surface area (Å²) in [5, 5.41) is 13.0. The van der Waals surface area contributed by atoms with Crippen LogP contribution in [-0.2, 0) is 15.7 Å². The molecule has 0 spiro atoms. The lowest BCUT2D eigenvalue weighted by Crippen LogP contribution is -2.40. The maximum atomic E-state index is 13.1. The molecule has 0 bridgehead atoms. The van der Waals surface area contributed by atoms with Crippen molar-refractivity contribution in [2.45, 2.75) is 25.6 Å². The molecule has 0 saturated heterocycles. The second kappa shape index (κ2) is 10.7. The minimum atomic E-state index is -4.55. The molecule has 1 atom stereocenters. The summed E-state index contributed by atoms with van der Waals surface area (Å²) in [7, 11) is 1.26. The molecule has 35 heavy (non-hydrogen) atoms. The van der Waals surface area contributed by atoms with Gasteiger partial charge in [0, 0.05) is 12.2 Å². The van der Waals surface area contributed by atoms with Crippen molar-refractivity contribution < 1.29 is 32.2 Å². The van der Waals surface area contributed by atoms with Gasteiger partial charge in [-0.25, -0.2) is 9.48 Å². The Morgan fingerprint density at radius 1 is 1.17 bits per heavy atom. The Hall–Kier alpha value is -4.33. The Balaban J connectivity index is 1.82. The molecule has 1 aromatic heterocycles. The lowest BCUT2D eigenvalue weighted by atomic mass is 10.2. The number of carbonyl (C=O) groups excluding carboxylic acids is 2. The molecule has 0 fully saturated rings. The molecule has 0 aliphatic heterocycles. The van der Waals surface area contributed by atoms with E-state index in [9.17, 15) is 22.8 Å². The van der Waals surface area contributed by atoms with Crippen LogP contribution >= 0.6 is 0 Å². The van der Waals surface area contributed by atoms with Crippen molar-refractivity contribution in [2.24, 2.45) is 0 Å². The molecule has 0 N–H and O–H groups in total. The Bertz CT molecular complexity index is 1240. The number of benzene rings is 2. The van der Waals surface area contributed by atoms with Gasteiger partial charge in [-0.15, -0.1) is 0 Å². The van der Waals surface area contributed by atoms with E-state index >= 15 is 0 Å². The van der Waals surface area contributed by atoms with Crippen LogP contribution in [0.4, 0.5) is 18.9 Å². The molecule has 0 aliphatic carbocycles. The highest BCUT2D eigenvalue weighted by Gasteiger charge is 2.31. The summed E-state index contributed by atoms with van der Waals surface area (Å²) in [5.41, 5.74) is -0.617. The van der Waals surface area contributed by atoms with Crippen molar-refractivity contribution in [3.05, 3.63) is 72.1 Å². The summed E-state index contributed by atoms with van der Waals surface area (Å²) in [6, 6.07) is 15.0. The molecule has 1 unspecified atom stereocenters. The van der Waals surface area contributed by atoms with Gasteiger partial charge in [0.15, 0.2) is 11.9 Å². The number of nitriles is 1. The van der Waals surface area contributed by atoms with Gasteiger partial charge in [-0.2, -0.15) is 23.5 Å². The van der Waals surface area contributed by atoms with E-state index in [1.165, 1.54) is 37.3 Å². The van der Waals surface area contributed by atoms with Crippen LogP contribution in [-0.4, -0.2) is 41.4 Å². The average molecular weight is 486 g/mol. The van der Waals surface area contributed by atoms with E-state index < -0.39 is 29.7 Å². The fourth-order valence-electron chi connectivity index (χ4n) is 3.23. The van der Waals surface area contributed by atoms with Crippen molar-refractivity contribution in [1.82, 2.24) is 9.78 Å². The summed E-state index contributed by atoms with van der Waals surface area (Å²) >= 11 is 0. The zero-order chi connectivity index (χ0) is 25.6. The Labute approximate surface area is 199 Å². The molecule has 8 nitrogen and oxygen atoms in total. The molecular weight excluding hydrogens is 465 g/mol. The molecule has 0 aliphatic rings. The van der Waals surface area contributed by atoms with Crippen LogP contribution in [0.5, 0.6) is 5.75 Å². The second-order valence-electron chi connectivity index (χ2n) is 7.32. The summed E-state index contributed by atoms with van der Waals surface area (Å²) in [6.07, 6.45) is -4.50. The molecule has 0 radical (unpaired) electrons. The lowest BCUT2D eigenvalue weighted by molar-refractivity contribution is -0.137. The van der Waals surface area contributed by atoms with Crippen molar-refractivity contribution in [3.8, 4) is 17.5 Å². The number of alkyl halides is 3. The van der Waals surface area contributed by atoms with Crippen molar-refractivity contribution in [3.63, 3.8) is 0 Å². The SMILES string of the molecule is COc1cn(-c2cccc(C(F)(F)F)c2)nc1C(=O)OC(C)C(=O)N(CCC#N)c1ccccc1.